The largest absolute Gasteiger partial charge is 0.313 e. The van der Waals surface area contributed by atoms with E-state index in [0.29, 0.717) is 6.04 Å². The molecule has 0 aromatic carbocycles. The zero-order chi connectivity index (χ0) is 7.28. The Bertz CT molecular complexity index is 81.0. The van der Waals surface area contributed by atoms with Gasteiger partial charge in [0.2, 0.25) is 0 Å². The monoisotopic (exact) mass is 128 g/mol. The van der Waals surface area contributed by atoms with Crippen molar-refractivity contribution < 1.29 is 0 Å². The van der Waals surface area contributed by atoms with Crippen LogP contribution in [0.4, 0.5) is 0 Å². The van der Waals surface area contributed by atoms with Gasteiger partial charge < -0.3 is 10.3 Å². The Labute approximate surface area is 57.4 Å². The molecule has 1 N–H and O–H groups in total. The molecule has 9 heavy (non-hydrogen) atoms. The van der Waals surface area contributed by atoms with Crippen LogP contribution >= 0.6 is 0 Å². The van der Waals surface area contributed by atoms with Crippen LogP contribution in [0.3, 0.4) is 0 Å². The van der Waals surface area contributed by atoms with E-state index in [1.165, 1.54) is 6.21 Å². The summed E-state index contributed by atoms with van der Waals surface area (Å²) < 4.78 is 0. The van der Waals surface area contributed by atoms with Crippen molar-refractivity contribution in [2.75, 3.05) is 13.6 Å². The molecule has 54 valence electrons. The van der Waals surface area contributed by atoms with Crippen LogP contribution in [0.25, 0.3) is 0 Å². The molecule has 0 fully saturated rings. The molecule has 0 saturated carbocycles. The molecule has 0 radical (unpaired) electrons. The molecular weight excluding hydrogens is 112 g/mol. The lowest BCUT2D eigenvalue weighted by atomic mass is 10.2. The Morgan fingerprint density at radius 3 is 2.56 bits per heavy atom. The maximum Gasteiger partial charge on any atom is 0.0113 e. The fraction of sp³-hybridized carbons (Fsp3) is 0.857. The minimum atomic E-state index is 0.521. The first-order valence-electron chi connectivity index (χ1n) is 3.41. The smallest absolute Gasteiger partial charge is 0.0113 e. The number of nitrogens with one attached hydrogen (secondary N) is 1. The van der Waals surface area contributed by atoms with Gasteiger partial charge in [-0.05, 0) is 33.2 Å². The van der Waals surface area contributed by atoms with Gasteiger partial charge in [-0.15, -0.1) is 0 Å². The molecule has 0 aliphatic heterocycles. The van der Waals surface area contributed by atoms with Crippen molar-refractivity contribution in [1.82, 2.24) is 4.90 Å². The van der Waals surface area contributed by atoms with Crippen LogP contribution in [-0.2, 0) is 0 Å². The number of nitrogens with zero attached hydrogens (tertiary/aromatic N) is 1. The van der Waals surface area contributed by atoms with E-state index in [9.17, 15) is 0 Å². The lowest BCUT2D eigenvalue weighted by molar-refractivity contribution is 0.278. The lowest BCUT2D eigenvalue weighted by Gasteiger charge is -2.20. The lowest BCUT2D eigenvalue weighted by Crippen LogP contribution is -2.28. The summed E-state index contributed by atoms with van der Waals surface area (Å²) in [5, 5.41) is 6.85. The van der Waals surface area contributed by atoms with E-state index in [0.717, 1.165) is 13.0 Å². The van der Waals surface area contributed by atoms with Crippen molar-refractivity contribution in [3.63, 3.8) is 0 Å². The molecule has 0 spiro atoms. The van der Waals surface area contributed by atoms with Gasteiger partial charge in [0.15, 0.2) is 0 Å². The van der Waals surface area contributed by atoms with E-state index < -0.39 is 0 Å². The zero-order valence-electron chi connectivity index (χ0n) is 6.52. The molecule has 0 saturated heterocycles. The van der Waals surface area contributed by atoms with E-state index in [2.05, 4.69) is 25.8 Å². The first-order chi connectivity index (χ1) is 4.22. The molecule has 0 rings (SSSR count). The minimum absolute atomic E-state index is 0.521. The van der Waals surface area contributed by atoms with Crippen LogP contribution in [0.2, 0.25) is 0 Å². The van der Waals surface area contributed by atoms with Crippen molar-refractivity contribution in [2.24, 2.45) is 0 Å². The number of hydrogen-bond donors (Lipinski definition) is 1. The van der Waals surface area contributed by atoms with E-state index in [1.54, 1.807) is 0 Å². The normalized spacial score (nSPS) is 13.8. The molecule has 0 aromatic heterocycles. The van der Waals surface area contributed by atoms with Crippen LogP contribution in [-0.4, -0.2) is 30.7 Å². The molecule has 0 heterocycles. The zero-order valence-corrected chi connectivity index (χ0v) is 6.52. The highest BCUT2D eigenvalue weighted by Gasteiger charge is 2.02. The summed E-state index contributed by atoms with van der Waals surface area (Å²) in [5.74, 6) is 0. The van der Waals surface area contributed by atoms with Crippen LogP contribution in [0, 0.1) is 5.41 Å². The van der Waals surface area contributed by atoms with Gasteiger partial charge >= 0.3 is 0 Å². The molecule has 0 aromatic rings. The maximum absolute atomic E-state index is 6.85. The quantitative estimate of drug-likeness (QED) is 0.569. The summed E-state index contributed by atoms with van der Waals surface area (Å²) in [4.78, 5) is 2.23. The van der Waals surface area contributed by atoms with Crippen LogP contribution in [0.1, 0.15) is 20.3 Å². The van der Waals surface area contributed by atoms with Crippen LogP contribution in [0.5, 0.6) is 0 Å². The third-order valence-electron chi connectivity index (χ3n) is 1.71. The van der Waals surface area contributed by atoms with Gasteiger partial charge in [-0.1, -0.05) is 6.92 Å². The van der Waals surface area contributed by atoms with E-state index in [-0.39, 0.29) is 0 Å². The molecule has 2 heteroatoms. The van der Waals surface area contributed by atoms with E-state index in [1.807, 2.05) is 0 Å². The first kappa shape index (κ1) is 8.63. The second-order valence-corrected chi connectivity index (χ2v) is 2.36. The molecule has 1 atom stereocenters. The van der Waals surface area contributed by atoms with Crippen molar-refractivity contribution in [1.29, 1.82) is 5.41 Å². The summed E-state index contributed by atoms with van der Waals surface area (Å²) in [5.41, 5.74) is 0. The number of hydrogen-bond acceptors (Lipinski definition) is 2. The molecule has 0 aliphatic carbocycles. The van der Waals surface area contributed by atoms with E-state index >= 15 is 0 Å². The summed E-state index contributed by atoms with van der Waals surface area (Å²) in [6, 6.07) is 0.521. The van der Waals surface area contributed by atoms with Crippen molar-refractivity contribution in [2.45, 2.75) is 26.3 Å². The Kier molecular flexibility index (Phi) is 4.32. The van der Waals surface area contributed by atoms with Crippen molar-refractivity contribution in [3.05, 3.63) is 0 Å². The van der Waals surface area contributed by atoms with Crippen molar-refractivity contribution in [3.8, 4) is 0 Å². The fourth-order valence-electron chi connectivity index (χ4n) is 0.662. The maximum atomic E-state index is 6.85. The van der Waals surface area contributed by atoms with Gasteiger partial charge in [0, 0.05) is 6.04 Å². The predicted molar refractivity (Wildman–Crippen MR) is 41.2 cm³/mol. The van der Waals surface area contributed by atoms with Gasteiger partial charge in [0.25, 0.3) is 0 Å². The minimum Gasteiger partial charge on any atom is -0.313 e. The van der Waals surface area contributed by atoms with Crippen LogP contribution in [0.15, 0.2) is 0 Å². The second kappa shape index (κ2) is 4.50. The predicted octanol–water partition coefficient (Wildman–Crippen LogP) is 1.37. The Morgan fingerprint density at radius 1 is 1.67 bits per heavy atom. The van der Waals surface area contributed by atoms with Gasteiger partial charge in [0.1, 0.15) is 0 Å². The fourth-order valence-corrected chi connectivity index (χ4v) is 0.662. The van der Waals surface area contributed by atoms with Gasteiger partial charge in [-0.3, -0.25) is 0 Å². The first-order valence-corrected chi connectivity index (χ1v) is 3.41. The molecular formula is C7H16N2. The second-order valence-electron chi connectivity index (χ2n) is 2.36. The highest BCUT2D eigenvalue weighted by molar-refractivity contribution is 5.53. The average molecular weight is 128 g/mol. The molecule has 0 unspecified atom stereocenters. The SMILES string of the molecule is CCN(C)[C@@H](C)CC=N. The third-order valence-corrected chi connectivity index (χ3v) is 1.71. The highest BCUT2D eigenvalue weighted by atomic mass is 15.1. The van der Waals surface area contributed by atoms with Crippen molar-refractivity contribution >= 4 is 6.21 Å². The van der Waals surface area contributed by atoms with Crippen LogP contribution < -0.4 is 0 Å². The molecule has 0 bridgehead atoms. The highest BCUT2D eigenvalue weighted by Crippen LogP contribution is 1.96. The molecule has 2 nitrogen and oxygen atoms in total. The summed E-state index contributed by atoms with van der Waals surface area (Å²) in [7, 11) is 2.08. The Morgan fingerprint density at radius 2 is 2.22 bits per heavy atom. The summed E-state index contributed by atoms with van der Waals surface area (Å²) in [6.07, 6.45) is 2.33. The molecule has 0 aliphatic rings. The average Bonchev–Trinajstić information content (AvgIpc) is 1.87. The summed E-state index contributed by atoms with van der Waals surface area (Å²) >= 11 is 0. The standard InChI is InChI=1S/C7H16N2/c1-4-9(3)7(2)5-6-8/h6-8H,4-5H2,1-3H3/t7-/m0/s1. The van der Waals surface area contributed by atoms with E-state index in [4.69, 9.17) is 5.41 Å². The summed E-state index contributed by atoms with van der Waals surface area (Å²) in [6.45, 7) is 5.32. The third kappa shape index (κ3) is 3.25. The number of rotatable bonds is 4. The topological polar surface area (TPSA) is 27.1 Å². The molecule has 0 amide bonds. The Hall–Kier alpha value is -0.370. The van der Waals surface area contributed by atoms with Gasteiger partial charge in [0.05, 0.1) is 0 Å². The Balaban J connectivity index is 3.44. The van der Waals surface area contributed by atoms with Gasteiger partial charge in [-0.25, -0.2) is 0 Å². The van der Waals surface area contributed by atoms with Gasteiger partial charge in [-0.2, -0.15) is 0 Å².